The molecule has 1 aliphatic heterocycles. The summed E-state index contributed by atoms with van der Waals surface area (Å²) in [5, 5.41) is 0. The van der Waals surface area contributed by atoms with E-state index in [1.54, 1.807) is 0 Å². The number of nitrogens with zero attached hydrogens (tertiary/aromatic N) is 3. The van der Waals surface area contributed by atoms with Gasteiger partial charge in [-0.15, -0.1) is 0 Å². The molecule has 13 heavy (non-hydrogen) atoms. The highest BCUT2D eigenvalue weighted by atomic mass is 79.9. The molecule has 1 aliphatic rings. The topological polar surface area (TPSA) is 38.2 Å². The molecule has 1 aromatic rings. The van der Waals surface area contributed by atoms with Crippen molar-refractivity contribution in [1.82, 2.24) is 9.97 Å². The van der Waals surface area contributed by atoms with Gasteiger partial charge in [0.15, 0.2) is 4.73 Å². The Bertz CT molecular complexity index is 549. The van der Waals surface area contributed by atoms with Gasteiger partial charge in [0.25, 0.3) is 0 Å². The van der Waals surface area contributed by atoms with Crippen LogP contribution in [0.5, 0.6) is 0 Å². The Morgan fingerprint density at radius 1 is 1.92 bits per heavy atom. The first kappa shape index (κ1) is 3.47. The number of rotatable bonds is 2. The number of anilines is 1. The van der Waals surface area contributed by atoms with E-state index in [1.165, 1.54) is 12.3 Å². The molecule has 0 amide bonds. The van der Waals surface area contributed by atoms with Crippen molar-refractivity contribution in [3.05, 3.63) is 17.0 Å². The summed E-state index contributed by atoms with van der Waals surface area (Å²) in [6, 6.07) is 1.25. The Morgan fingerprint density at radius 3 is 3.46 bits per heavy atom. The molecule has 70 valence electrons. The Morgan fingerprint density at radius 2 is 2.77 bits per heavy atom. The van der Waals surface area contributed by atoms with Gasteiger partial charge in [0.2, 0.25) is 0 Å². The van der Waals surface area contributed by atoms with E-state index in [1.807, 2.05) is 0 Å². The molecule has 0 spiro atoms. The van der Waals surface area contributed by atoms with Crippen molar-refractivity contribution in [2.75, 3.05) is 24.9 Å². The zero-order chi connectivity index (χ0) is 16.3. The maximum absolute atomic E-state index is 7.84. The maximum atomic E-state index is 7.84. The summed E-state index contributed by atoms with van der Waals surface area (Å²) < 4.78 is 64.6. The molecule has 0 saturated carbocycles. The highest BCUT2D eigenvalue weighted by Gasteiger charge is 2.27. The fourth-order valence-corrected chi connectivity index (χ4v) is 1.11. The van der Waals surface area contributed by atoms with Crippen LogP contribution >= 0.6 is 15.9 Å². The lowest BCUT2D eigenvalue weighted by Gasteiger charge is -2.38. The Balaban J connectivity index is 2.44. The molecule has 1 fully saturated rings. The number of methoxy groups -OCH3 is 1. The van der Waals surface area contributed by atoms with Gasteiger partial charge in [0.05, 0.1) is 17.0 Å². The molecule has 5 heteroatoms. The van der Waals surface area contributed by atoms with E-state index < -0.39 is 26.1 Å². The summed E-state index contributed by atoms with van der Waals surface area (Å²) in [6.07, 6.45) is -1.66. The minimum atomic E-state index is -3.11. The van der Waals surface area contributed by atoms with Crippen molar-refractivity contribution >= 4 is 21.7 Å². The van der Waals surface area contributed by atoms with Gasteiger partial charge in [-0.05, 0) is 22.0 Å². The summed E-state index contributed by atoms with van der Waals surface area (Å²) in [4.78, 5) is 8.11. The average molecular weight is 252 g/mol. The quantitative estimate of drug-likeness (QED) is 0.738. The van der Waals surface area contributed by atoms with Crippen LogP contribution < -0.4 is 4.90 Å². The van der Waals surface area contributed by atoms with Gasteiger partial charge in [-0.3, -0.25) is 0 Å². The van der Waals surface area contributed by atoms with Crippen LogP contribution in [0.15, 0.2) is 17.0 Å². The molecular formula is C8H10BrN3O. The number of aromatic nitrogens is 2. The fourth-order valence-electron chi connectivity index (χ4n) is 0.814. The van der Waals surface area contributed by atoms with Gasteiger partial charge >= 0.3 is 0 Å². The minimum Gasteiger partial charge on any atom is -0.378 e. The minimum absolute atomic E-state index is 0.103. The fraction of sp³-hybridized carbons (Fsp3) is 0.500. The Hall–Kier alpha value is -0.680. The first-order valence-electron chi connectivity index (χ1n) is 7.32. The third kappa shape index (κ3) is 1.81. The molecule has 2 heterocycles. The number of ether oxygens (including phenoxy) is 1. The normalized spacial score (nSPS) is 37.5. The van der Waals surface area contributed by atoms with E-state index in [0.29, 0.717) is 4.90 Å². The summed E-state index contributed by atoms with van der Waals surface area (Å²) in [5.74, 6) is -0.135. The predicted octanol–water partition coefficient (Wildman–Crippen LogP) is 1.07. The monoisotopic (exact) mass is 251 g/mol. The van der Waals surface area contributed by atoms with Crippen molar-refractivity contribution in [1.29, 1.82) is 0 Å². The molecule has 4 nitrogen and oxygen atoms in total. The second kappa shape index (κ2) is 3.59. The standard InChI is InChI=1S/C8H10BrN3O/c1-13-6-4-12(5-6)7-2-3-10-8(9)11-7/h2-3,6H,4-5H2,1H3/i1D3,4D2,5D2,6D. The summed E-state index contributed by atoms with van der Waals surface area (Å²) in [6.45, 7) is -5.47. The highest BCUT2D eigenvalue weighted by Crippen LogP contribution is 2.20. The molecule has 0 bridgehead atoms. The largest absolute Gasteiger partial charge is 0.378 e. The first-order chi connectivity index (χ1) is 9.33. The van der Waals surface area contributed by atoms with Gasteiger partial charge in [0.1, 0.15) is 5.82 Å². The van der Waals surface area contributed by atoms with E-state index in [4.69, 9.17) is 11.0 Å². The van der Waals surface area contributed by atoms with Crippen LogP contribution in [-0.2, 0) is 4.74 Å². The molecule has 1 aromatic heterocycles. The van der Waals surface area contributed by atoms with Crippen LogP contribution in [-0.4, -0.2) is 36.1 Å². The third-order valence-corrected chi connectivity index (χ3v) is 1.75. The van der Waals surface area contributed by atoms with Crippen molar-refractivity contribution in [2.24, 2.45) is 0 Å². The van der Waals surface area contributed by atoms with E-state index >= 15 is 0 Å². The molecular weight excluding hydrogens is 234 g/mol. The van der Waals surface area contributed by atoms with Crippen LogP contribution in [0.4, 0.5) is 5.82 Å². The van der Waals surface area contributed by atoms with Crippen LogP contribution in [0.1, 0.15) is 11.0 Å². The van der Waals surface area contributed by atoms with Gasteiger partial charge in [-0.25, -0.2) is 9.97 Å². The second-order valence-corrected chi connectivity index (χ2v) is 2.88. The highest BCUT2D eigenvalue weighted by molar-refractivity contribution is 9.10. The molecule has 0 atom stereocenters. The lowest BCUT2D eigenvalue weighted by Crippen LogP contribution is -2.52. The van der Waals surface area contributed by atoms with Gasteiger partial charge < -0.3 is 9.64 Å². The van der Waals surface area contributed by atoms with Gasteiger partial charge in [-0.2, -0.15) is 0 Å². The molecule has 0 radical (unpaired) electrons. The zero-order valence-corrected chi connectivity index (χ0v) is 7.87. The van der Waals surface area contributed by atoms with E-state index in [9.17, 15) is 0 Å². The van der Waals surface area contributed by atoms with Crippen molar-refractivity contribution in [3.8, 4) is 0 Å². The van der Waals surface area contributed by atoms with Crippen molar-refractivity contribution < 1.29 is 15.7 Å². The zero-order valence-electron chi connectivity index (χ0n) is 14.3. The molecule has 2 rings (SSSR count). The van der Waals surface area contributed by atoms with E-state index in [-0.39, 0.29) is 10.6 Å². The molecule has 0 aliphatic carbocycles. The Labute approximate surface area is 96.3 Å². The van der Waals surface area contributed by atoms with E-state index in [2.05, 4.69) is 30.6 Å². The number of halogens is 1. The SMILES string of the molecule is [2H]C([2H])([2H])OC1([2H])C([2H])([2H])N(c2ccnc(Br)n2)C1([2H])[2H]. The summed E-state index contributed by atoms with van der Waals surface area (Å²) in [5.41, 5.74) is 0. The van der Waals surface area contributed by atoms with Crippen molar-refractivity contribution in [3.63, 3.8) is 0 Å². The van der Waals surface area contributed by atoms with E-state index in [0.717, 1.165) is 0 Å². The predicted molar refractivity (Wildman–Crippen MR) is 52.7 cm³/mol. The number of hydrogen-bond acceptors (Lipinski definition) is 4. The second-order valence-electron chi connectivity index (χ2n) is 2.17. The van der Waals surface area contributed by atoms with Crippen LogP contribution in [0.3, 0.4) is 0 Å². The molecule has 0 N–H and O–H groups in total. The van der Waals surface area contributed by atoms with Crippen LogP contribution in [0.25, 0.3) is 0 Å². The lowest BCUT2D eigenvalue weighted by molar-refractivity contribution is 0.0783. The molecule has 0 unspecified atom stereocenters. The first-order valence-corrected chi connectivity index (χ1v) is 4.11. The Kier molecular flexibility index (Phi) is 0.960. The van der Waals surface area contributed by atoms with Crippen molar-refractivity contribution in [2.45, 2.75) is 6.08 Å². The van der Waals surface area contributed by atoms with Gasteiger partial charge in [0, 0.05) is 26.2 Å². The smallest absolute Gasteiger partial charge is 0.198 e. The average Bonchev–Trinajstić information content (AvgIpc) is 2.25. The molecule has 1 saturated heterocycles. The summed E-state index contributed by atoms with van der Waals surface area (Å²) in [7, 11) is -3.11. The maximum Gasteiger partial charge on any atom is 0.198 e. The van der Waals surface area contributed by atoms with Gasteiger partial charge in [-0.1, -0.05) is 0 Å². The van der Waals surface area contributed by atoms with Crippen LogP contribution in [0, 0.1) is 0 Å². The summed E-state index contributed by atoms with van der Waals surface area (Å²) >= 11 is 2.97. The molecule has 0 aromatic carbocycles. The van der Waals surface area contributed by atoms with Crippen LogP contribution in [0.2, 0.25) is 0 Å². The number of hydrogen-bond donors (Lipinski definition) is 0. The third-order valence-electron chi connectivity index (χ3n) is 1.37. The lowest BCUT2D eigenvalue weighted by atomic mass is 10.2.